The van der Waals surface area contributed by atoms with Crippen molar-refractivity contribution in [2.45, 2.75) is 49.3 Å². The summed E-state index contributed by atoms with van der Waals surface area (Å²) in [7, 11) is 0.546. The smallest absolute Gasteiger partial charge is 0.0581 e. The van der Waals surface area contributed by atoms with Crippen LogP contribution in [-0.2, 0) is 10.9 Å². The van der Waals surface area contributed by atoms with Crippen LogP contribution in [0.3, 0.4) is 0 Å². The zero-order valence-corrected chi connectivity index (χ0v) is 12.9. The molecule has 1 heterocycles. The highest BCUT2D eigenvalue weighted by molar-refractivity contribution is 7.97. The van der Waals surface area contributed by atoms with Gasteiger partial charge in [-0.25, -0.2) is 0 Å². The summed E-state index contributed by atoms with van der Waals surface area (Å²) in [4.78, 5) is 1.60. The van der Waals surface area contributed by atoms with Gasteiger partial charge < -0.3 is 0 Å². The van der Waals surface area contributed by atoms with Crippen molar-refractivity contribution in [3.05, 3.63) is 42.0 Å². The third-order valence-corrected chi connectivity index (χ3v) is 7.51. The maximum atomic E-state index is 2.46. The fraction of sp³-hybridized carbons (Fsp3) is 0.474. The van der Waals surface area contributed by atoms with Gasteiger partial charge in [0.2, 0.25) is 0 Å². The standard InChI is InChI=1S/C19H23S/c1-2-6-15(5-1)16-7-8-18-14-19(10-9-17(18)13-16)20-11-3-4-12-20/h7-10,13-15H,1-6,11-12H2/q+1. The molecule has 0 amide bonds. The summed E-state index contributed by atoms with van der Waals surface area (Å²) in [5.41, 5.74) is 1.58. The lowest BCUT2D eigenvalue weighted by Crippen LogP contribution is -2.03. The van der Waals surface area contributed by atoms with Crippen molar-refractivity contribution in [1.82, 2.24) is 0 Å². The fourth-order valence-corrected chi connectivity index (χ4v) is 6.16. The molecule has 1 saturated carbocycles. The van der Waals surface area contributed by atoms with E-state index in [1.165, 1.54) is 60.8 Å². The van der Waals surface area contributed by atoms with Gasteiger partial charge in [0.25, 0.3) is 0 Å². The van der Waals surface area contributed by atoms with Gasteiger partial charge in [0.05, 0.1) is 0 Å². The Morgan fingerprint density at radius 3 is 2.25 bits per heavy atom. The van der Waals surface area contributed by atoms with Crippen molar-refractivity contribution in [3.63, 3.8) is 0 Å². The summed E-state index contributed by atoms with van der Waals surface area (Å²) in [6.45, 7) is 0. The molecule has 4 rings (SSSR count). The minimum Gasteiger partial charge on any atom is -0.0581 e. The summed E-state index contributed by atoms with van der Waals surface area (Å²) < 4.78 is 0. The molecule has 0 atom stereocenters. The fourth-order valence-electron chi connectivity index (χ4n) is 3.83. The van der Waals surface area contributed by atoms with E-state index in [9.17, 15) is 0 Å². The number of rotatable bonds is 2. The van der Waals surface area contributed by atoms with Gasteiger partial charge in [-0.3, -0.25) is 0 Å². The Bertz CT molecular complexity index is 549. The SMILES string of the molecule is c1cc2cc([S+]3CCCC3)ccc2cc1C1CCCC1. The molecule has 1 heteroatoms. The van der Waals surface area contributed by atoms with Crippen LogP contribution in [0.1, 0.15) is 50.0 Å². The van der Waals surface area contributed by atoms with Gasteiger partial charge in [-0.1, -0.05) is 31.0 Å². The molecule has 0 spiro atoms. The van der Waals surface area contributed by atoms with Crippen LogP contribution < -0.4 is 0 Å². The molecule has 0 N–H and O–H groups in total. The van der Waals surface area contributed by atoms with Gasteiger partial charge in [0.15, 0.2) is 4.90 Å². The van der Waals surface area contributed by atoms with Gasteiger partial charge in [0, 0.05) is 17.0 Å². The van der Waals surface area contributed by atoms with E-state index in [2.05, 4.69) is 36.4 Å². The second-order valence-electron chi connectivity index (χ2n) is 6.36. The molecule has 0 bridgehead atoms. The molecular weight excluding hydrogens is 260 g/mol. The van der Waals surface area contributed by atoms with Crippen molar-refractivity contribution in [2.24, 2.45) is 0 Å². The second-order valence-corrected chi connectivity index (χ2v) is 8.63. The van der Waals surface area contributed by atoms with Crippen LogP contribution in [0.25, 0.3) is 10.8 Å². The largest absolute Gasteiger partial charge is 0.155 e. The molecule has 2 fully saturated rings. The number of hydrogen-bond acceptors (Lipinski definition) is 0. The zero-order chi connectivity index (χ0) is 13.4. The monoisotopic (exact) mass is 283 g/mol. The summed E-state index contributed by atoms with van der Waals surface area (Å²) in [5, 5.41) is 2.89. The Kier molecular flexibility index (Phi) is 3.47. The summed E-state index contributed by atoms with van der Waals surface area (Å²) in [6, 6.07) is 14.4. The van der Waals surface area contributed by atoms with E-state index >= 15 is 0 Å². The van der Waals surface area contributed by atoms with Crippen molar-refractivity contribution < 1.29 is 0 Å². The van der Waals surface area contributed by atoms with E-state index in [4.69, 9.17) is 0 Å². The topological polar surface area (TPSA) is 0 Å². The van der Waals surface area contributed by atoms with Crippen molar-refractivity contribution in [3.8, 4) is 0 Å². The second kappa shape index (κ2) is 5.44. The van der Waals surface area contributed by atoms with E-state index in [1.54, 1.807) is 10.5 Å². The van der Waals surface area contributed by atoms with Crippen LogP contribution in [0.5, 0.6) is 0 Å². The average Bonchev–Trinajstić information content (AvgIpc) is 3.19. The van der Waals surface area contributed by atoms with E-state index in [-0.39, 0.29) is 0 Å². The molecule has 2 aromatic carbocycles. The minimum absolute atomic E-state index is 0.546. The van der Waals surface area contributed by atoms with Gasteiger partial charge in [-0.05, 0) is 60.1 Å². The highest BCUT2D eigenvalue weighted by Gasteiger charge is 2.26. The molecule has 1 saturated heterocycles. The Morgan fingerprint density at radius 1 is 0.750 bits per heavy atom. The lowest BCUT2D eigenvalue weighted by atomic mass is 9.95. The first kappa shape index (κ1) is 12.8. The quantitative estimate of drug-likeness (QED) is 0.659. The Hall–Kier alpha value is -0.950. The number of benzene rings is 2. The molecule has 1 aliphatic carbocycles. The lowest BCUT2D eigenvalue weighted by molar-refractivity contribution is 0.724. The zero-order valence-electron chi connectivity index (χ0n) is 12.1. The van der Waals surface area contributed by atoms with Crippen LogP contribution in [0, 0.1) is 0 Å². The number of hydrogen-bond donors (Lipinski definition) is 0. The van der Waals surface area contributed by atoms with Gasteiger partial charge >= 0.3 is 0 Å². The Labute approximate surface area is 124 Å². The van der Waals surface area contributed by atoms with Gasteiger partial charge in [-0.15, -0.1) is 0 Å². The van der Waals surface area contributed by atoms with E-state index in [0.29, 0.717) is 10.9 Å². The normalized spacial score (nSPS) is 21.0. The minimum atomic E-state index is 0.546. The number of fused-ring (bicyclic) bond motifs is 1. The highest BCUT2D eigenvalue weighted by Crippen LogP contribution is 2.35. The molecule has 2 aliphatic rings. The van der Waals surface area contributed by atoms with E-state index < -0.39 is 0 Å². The molecule has 0 unspecified atom stereocenters. The molecule has 20 heavy (non-hydrogen) atoms. The third kappa shape index (κ3) is 2.37. The maximum absolute atomic E-state index is 2.46. The Morgan fingerprint density at radius 2 is 1.45 bits per heavy atom. The van der Waals surface area contributed by atoms with E-state index in [0.717, 1.165) is 5.92 Å². The van der Waals surface area contributed by atoms with Crippen LogP contribution in [0.2, 0.25) is 0 Å². The van der Waals surface area contributed by atoms with E-state index in [1.807, 2.05) is 0 Å². The molecule has 0 nitrogen and oxygen atoms in total. The van der Waals surface area contributed by atoms with Crippen LogP contribution >= 0.6 is 0 Å². The first-order chi connectivity index (χ1) is 9.90. The summed E-state index contributed by atoms with van der Waals surface area (Å²) >= 11 is 0. The van der Waals surface area contributed by atoms with Gasteiger partial charge in [0.1, 0.15) is 11.5 Å². The highest BCUT2D eigenvalue weighted by atomic mass is 32.2. The maximum Gasteiger partial charge on any atom is 0.155 e. The third-order valence-electron chi connectivity index (χ3n) is 5.03. The first-order valence-corrected chi connectivity index (χ1v) is 9.68. The lowest BCUT2D eigenvalue weighted by Gasteiger charge is -2.11. The summed E-state index contributed by atoms with van der Waals surface area (Å²) in [5.74, 6) is 3.67. The van der Waals surface area contributed by atoms with Crippen molar-refractivity contribution in [1.29, 1.82) is 0 Å². The van der Waals surface area contributed by atoms with Crippen molar-refractivity contribution in [2.75, 3.05) is 11.5 Å². The predicted octanol–water partition coefficient (Wildman–Crippen LogP) is 5.27. The molecular formula is C19H23S+. The summed E-state index contributed by atoms with van der Waals surface area (Å²) in [6.07, 6.45) is 8.50. The molecule has 2 aromatic rings. The molecule has 104 valence electrons. The van der Waals surface area contributed by atoms with Gasteiger partial charge in [-0.2, -0.15) is 0 Å². The molecule has 0 aromatic heterocycles. The van der Waals surface area contributed by atoms with Crippen LogP contribution in [0.4, 0.5) is 0 Å². The van der Waals surface area contributed by atoms with Crippen LogP contribution in [0.15, 0.2) is 41.3 Å². The van der Waals surface area contributed by atoms with Crippen LogP contribution in [-0.4, -0.2) is 11.5 Å². The molecule has 0 radical (unpaired) electrons. The van der Waals surface area contributed by atoms with Crippen molar-refractivity contribution >= 4 is 21.7 Å². The predicted molar refractivity (Wildman–Crippen MR) is 89.8 cm³/mol. The first-order valence-electron chi connectivity index (χ1n) is 8.11. The average molecular weight is 283 g/mol. The molecule has 1 aliphatic heterocycles. The Balaban J connectivity index is 1.67.